The molecule has 0 spiro atoms. The molecule has 5 rings (SSSR count). The summed E-state index contributed by atoms with van der Waals surface area (Å²) in [7, 11) is 0. The van der Waals surface area contributed by atoms with Crippen molar-refractivity contribution in [2.24, 2.45) is 11.3 Å². The summed E-state index contributed by atoms with van der Waals surface area (Å²) < 4.78 is 5.92. The number of rotatable bonds is 3. The van der Waals surface area contributed by atoms with E-state index in [0.29, 0.717) is 11.3 Å². The molecule has 0 saturated heterocycles. The number of aromatic hydroxyl groups is 1. The number of benzene rings is 4. The van der Waals surface area contributed by atoms with E-state index in [0.717, 1.165) is 33.5 Å². The van der Waals surface area contributed by atoms with Crippen LogP contribution in [-0.4, -0.2) is 11.1 Å². The summed E-state index contributed by atoms with van der Waals surface area (Å²) in [6.45, 7) is 4.16. The Morgan fingerprint density at radius 1 is 0.862 bits per heavy atom. The highest BCUT2D eigenvalue weighted by Gasteiger charge is 2.52. The normalized spacial score (nSPS) is 17.4. The maximum atomic E-state index is 12.8. The molecule has 0 aromatic heterocycles. The van der Waals surface area contributed by atoms with Crippen LogP contribution in [0, 0.1) is 11.3 Å². The standard InChI is InChI=1S/C26H22O3/c1-26(2)15-20(26)25(28)29-22-14-12-17-8-4-6-10-19(17)24(22)23-18-9-5-3-7-16(18)11-13-21(23)27/h3-14,20,27H,15H2,1-2H3/t20-/m1/s1. The van der Waals surface area contributed by atoms with Gasteiger partial charge in [-0.3, -0.25) is 4.79 Å². The summed E-state index contributed by atoms with van der Waals surface area (Å²) >= 11 is 0. The number of fused-ring (bicyclic) bond motifs is 2. The van der Waals surface area contributed by atoms with Crippen LogP contribution in [0.3, 0.4) is 0 Å². The van der Waals surface area contributed by atoms with Crippen molar-refractivity contribution in [2.75, 3.05) is 0 Å². The predicted octanol–water partition coefficient (Wildman–Crippen LogP) is 6.32. The minimum absolute atomic E-state index is 0.00429. The van der Waals surface area contributed by atoms with E-state index in [1.807, 2.05) is 66.7 Å². The highest BCUT2D eigenvalue weighted by atomic mass is 16.5. The van der Waals surface area contributed by atoms with Crippen molar-refractivity contribution in [3.63, 3.8) is 0 Å². The summed E-state index contributed by atoms with van der Waals surface area (Å²) in [6.07, 6.45) is 0.842. The van der Waals surface area contributed by atoms with E-state index in [-0.39, 0.29) is 23.1 Å². The van der Waals surface area contributed by atoms with E-state index in [4.69, 9.17) is 4.74 Å². The molecule has 0 unspecified atom stereocenters. The Hall–Kier alpha value is -3.33. The van der Waals surface area contributed by atoms with Crippen LogP contribution in [0.4, 0.5) is 0 Å². The summed E-state index contributed by atoms with van der Waals surface area (Å²) in [5, 5.41) is 14.8. The first kappa shape index (κ1) is 17.7. The molecule has 0 aliphatic heterocycles. The molecule has 4 aromatic rings. The third-order valence-corrected chi connectivity index (χ3v) is 6.06. The third kappa shape index (κ3) is 2.94. The van der Waals surface area contributed by atoms with E-state index in [1.165, 1.54) is 0 Å². The zero-order valence-electron chi connectivity index (χ0n) is 16.5. The van der Waals surface area contributed by atoms with Crippen molar-refractivity contribution in [1.29, 1.82) is 0 Å². The van der Waals surface area contributed by atoms with E-state index >= 15 is 0 Å². The summed E-state index contributed by atoms with van der Waals surface area (Å²) in [5.74, 6) is 0.376. The minimum atomic E-state index is -0.203. The average Bonchev–Trinajstić information content (AvgIpc) is 3.37. The van der Waals surface area contributed by atoms with E-state index in [1.54, 1.807) is 6.07 Å². The number of hydrogen-bond donors (Lipinski definition) is 1. The SMILES string of the molecule is CC1(C)C[C@@H]1C(=O)Oc1ccc2ccccc2c1-c1c(O)ccc2ccccc12. The van der Waals surface area contributed by atoms with Crippen LogP contribution in [0.1, 0.15) is 20.3 Å². The number of ether oxygens (including phenoxy) is 1. The monoisotopic (exact) mass is 382 g/mol. The maximum absolute atomic E-state index is 12.8. The zero-order valence-corrected chi connectivity index (χ0v) is 16.5. The van der Waals surface area contributed by atoms with Crippen molar-refractivity contribution in [3.8, 4) is 22.6 Å². The summed E-state index contributed by atoms with van der Waals surface area (Å²) in [5.41, 5.74) is 1.44. The topological polar surface area (TPSA) is 46.5 Å². The molecule has 4 aromatic carbocycles. The molecule has 0 bridgehead atoms. The minimum Gasteiger partial charge on any atom is -0.507 e. The van der Waals surface area contributed by atoms with Crippen LogP contribution in [0.25, 0.3) is 32.7 Å². The first-order valence-electron chi connectivity index (χ1n) is 9.90. The van der Waals surface area contributed by atoms with Crippen LogP contribution in [0.5, 0.6) is 11.5 Å². The smallest absolute Gasteiger partial charge is 0.314 e. The van der Waals surface area contributed by atoms with Crippen molar-refractivity contribution in [2.45, 2.75) is 20.3 Å². The van der Waals surface area contributed by atoms with Gasteiger partial charge in [-0.1, -0.05) is 74.5 Å². The van der Waals surface area contributed by atoms with Gasteiger partial charge in [0.25, 0.3) is 0 Å². The number of carbonyl (C=O) groups is 1. The van der Waals surface area contributed by atoms with Gasteiger partial charge in [0.1, 0.15) is 11.5 Å². The molecule has 0 heterocycles. The number of phenolic OH excluding ortho intramolecular Hbond substituents is 1. The second-order valence-electron chi connectivity index (χ2n) is 8.51. The van der Waals surface area contributed by atoms with Gasteiger partial charge in [0.15, 0.2) is 0 Å². The molecule has 1 fully saturated rings. The van der Waals surface area contributed by atoms with Gasteiger partial charge in [-0.2, -0.15) is 0 Å². The molecule has 3 nitrogen and oxygen atoms in total. The largest absolute Gasteiger partial charge is 0.507 e. The molecule has 1 atom stereocenters. The number of carbonyl (C=O) groups excluding carboxylic acids is 1. The molecule has 144 valence electrons. The zero-order chi connectivity index (χ0) is 20.2. The molecule has 1 N–H and O–H groups in total. The number of phenols is 1. The molecule has 1 aliphatic carbocycles. The van der Waals surface area contributed by atoms with Crippen LogP contribution >= 0.6 is 0 Å². The Bertz CT molecular complexity index is 1270. The van der Waals surface area contributed by atoms with E-state index in [2.05, 4.69) is 13.8 Å². The lowest BCUT2D eigenvalue weighted by Gasteiger charge is -2.17. The van der Waals surface area contributed by atoms with Crippen LogP contribution < -0.4 is 4.74 Å². The molecule has 3 heteroatoms. The molecule has 0 amide bonds. The van der Waals surface area contributed by atoms with Gasteiger partial charge in [-0.05, 0) is 45.5 Å². The highest BCUT2D eigenvalue weighted by molar-refractivity contribution is 6.10. The average molecular weight is 382 g/mol. The second kappa shape index (κ2) is 6.35. The Morgan fingerprint density at radius 3 is 2.03 bits per heavy atom. The second-order valence-corrected chi connectivity index (χ2v) is 8.51. The van der Waals surface area contributed by atoms with Crippen molar-refractivity contribution in [3.05, 3.63) is 72.8 Å². The number of hydrogen-bond acceptors (Lipinski definition) is 3. The van der Waals surface area contributed by atoms with E-state index < -0.39 is 0 Å². The predicted molar refractivity (Wildman–Crippen MR) is 116 cm³/mol. The van der Waals surface area contributed by atoms with Crippen molar-refractivity contribution < 1.29 is 14.6 Å². The van der Waals surface area contributed by atoms with Crippen LogP contribution in [0.2, 0.25) is 0 Å². The summed E-state index contributed by atoms with van der Waals surface area (Å²) in [6, 6.07) is 23.3. The lowest BCUT2D eigenvalue weighted by atomic mass is 9.92. The van der Waals surface area contributed by atoms with Gasteiger partial charge >= 0.3 is 5.97 Å². The van der Waals surface area contributed by atoms with Gasteiger partial charge in [0.2, 0.25) is 0 Å². The summed E-state index contributed by atoms with van der Waals surface area (Å²) in [4.78, 5) is 12.8. The van der Waals surface area contributed by atoms with Crippen LogP contribution in [0.15, 0.2) is 72.8 Å². The Kier molecular flexibility index (Phi) is 3.88. The fourth-order valence-corrected chi connectivity index (χ4v) is 4.17. The molecular formula is C26H22O3. The lowest BCUT2D eigenvalue weighted by Crippen LogP contribution is -2.14. The molecule has 29 heavy (non-hydrogen) atoms. The molecule has 1 saturated carbocycles. The molecule has 1 aliphatic rings. The van der Waals surface area contributed by atoms with Gasteiger partial charge in [0.05, 0.1) is 5.92 Å². The first-order chi connectivity index (χ1) is 14.0. The third-order valence-electron chi connectivity index (χ3n) is 6.06. The van der Waals surface area contributed by atoms with Gasteiger partial charge in [0, 0.05) is 11.1 Å². The Morgan fingerprint density at radius 2 is 1.41 bits per heavy atom. The number of esters is 1. The van der Waals surface area contributed by atoms with Gasteiger partial charge in [-0.25, -0.2) is 0 Å². The van der Waals surface area contributed by atoms with Crippen molar-refractivity contribution in [1.82, 2.24) is 0 Å². The fraction of sp³-hybridized carbons (Fsp3) is 0.192. The first-order valence-corrected chi connectivity index (χ1v) is 9.90. The Labute approximate surface area is 169 Å². The highest BCUT2D eigenvalue weighted by Crippen LogP contribution is 2.53. The van der Waals surface area contributed by atoms with Gasteiger partial charge in [-0.15, -0.1) is 0 Å². The molecule has 0 radical (unpaired) electrons. The Balaban J connectivity index is 1.76. The maximum Gasteiger partial charge on any atom is 0.314 e. The fourth-order valence-electron chi connectivity index (χ4n) is 4.17. The van der Waals surface area contributed by atoms with Crippen LogP contribution in [-0.2, 0) is 4.79 Å². The lowest BCUT2D eigenvalue weighted by molar-refractivity contribution is -0.136. The molecular weight excluding hydrogens is 360 g/mol. The van der Waals surface area contributed by atoms with Crippen molar-refractivity contribution >= 4 is 27.5 Å². The van der Waals surface area contributed by atoms with E-state index in [9.17, 15) is 9.90 Å². The van der Waals surface area contributed by atoms with Gasteiger partial charge < -0.3 is 9.84 Å². The quantitative estimate of drug-likeness (QED) is 0.333.